The number of aromatic nitrogens is 2. The standard InChI is InChI=1S/C8H13N3/c1-2-3-4-11-8-5-9-7-10-6-8/h5-7,11H,2-4H2,1H3. The minimum Gasteiger partial charge on any atom is -0.383 e. The average Bonchev–Trinajstić information content (AvgIpc) is 2.07. The monoisotopic (exact) mass is 151 g/mol. The van der Waals surface area contributed by atoms with Gasteiger partial charge in [-0.25, -0.2) is 9.97 Å². The molecule has 0 spiro atoms. The molecule has 1 aromatic rings. The van der Waals surface area contributed by atoms with Crippen LogP contribution in [0.5, 0.6) is 0 Å². The summed E-state index contributed by atoms with van der Waals surface area (Å²) in [5, 5.41) is 3.22. The first-order valence-corrected chi connectivity index (χ1v) is 3.92. The van der Waals surface area contributed by atoms with E-state index in [1.165, 1.54) is 19.2 Å². The Morgan fingerprint density at radius 1 is 1.36 bits per heavy atom. The molecule has 0 aliphatic rings. The molecule has 0 saturated heterocycles. The van der Waals surface area contributed by atoms with E-state index in [1.807, 2.05) is 0 Å². The van der Waals surface area contributed by atoms with Crippen LogP contribution in [0.2, 0.25) is 0 Å². The van der Waals surface area contributed by atoms with Gasteiger partial charge in [0, 0.05) is 6.54 Å². The van der Waals surface area contributed by atoms with Gasteiger partial charge in [0.15, 0.2) is 0 Å². The van der Waals surface area contributed by atoms with Gasteiger partial charge in [-0.15, -0.1) is 0 Å². The lowest BCUT2D eigenvalue weighted by molar-refractivity contribution is 0.833. The highest BCUT2D eigenvalue weighted by Gasteiger charge is 1.88. The molecule has 0 bridgehead atoms. The van der Waals surface area contributed by atoms with Crippen molar-refractivity contribution in [3.8, 4) is 0 Å². The van der Waals surface area contributed by atoms with E-state index in [0.717, 1.165) is 12.2 Å². The minimum atomic E-state index is 1.00. The van der Waals surface area contributed by atoms with Crippen molar-refractivity contribution in [2.24, 2.45) is 0 Å². The van der Waals surface area contributed by atoms with Gasteiger partial charge in [-0.3, -0.25) is 0 Å². The van der Waals surface area contributed by atoms with Crippen molar-refractivity contribution >= 4 is 5.69 Å². The molecule has 0 unspecified atom stereocenters. The molecule has 0 saturated carbocycles. The molecule has 0 aliphatic carbocycles. The lowest BCUT2D eigenvalue weighted by Gasteiger charge is -2.02. The van der Waals surface area contributed by atoms with Gasteiger partial charge < -0.3 is 5.32 Å². The SMILES string of the molecule is CCCCNc1cncnc1. The summed E-state index contributed by atoms with van der Waals surface area (Å²) in [6.07, 6.45) is 7.49. The van der Waals surface area contributed by atoms with Crippen LogP contribution in [0.15, 0.2) is 18.7 Å². The third-order valence-corrected chi connectivity index (χ3v) is 1.42. The Hall–Kier alpha value is -1.12. The fourth-order valence-electron chi connectivity index (χ4n) is 0.800. The van der Waals surface area contributed by atoms with Crippen LogP contribution < -0.4 is 5.32 Å². The summed E-state index contributed by atoms with van der Waals surface area (Å²) in [6, 6.07) is 0. The van der Waals surface area contributed by atoms with E-state index in [2.05, 4.69) is 22.2 Å². The highest BCUT2D eigenvalue weighted by atomic mass is 14.9. The quantitative estimate of drug-likeness (QED) is 0.665. The smallest absolute Gasteiger partial charge is 0.115 e. The summed E-state index contributed by atoms with van der Waals surface area (Å²) in [4.78, 5) is 7.78. The lowest BCUT2D eigenvalue weighted by Crippen LogP contribution is -2.00. The molecule has 1 aromatic heterocycles. The summed E-state index contributed by atoms with van der Waals surface area (Å²) in [6.45, 7) is 3.17. The first kappa shape index (κ1) is 7.98. The van der Waals surface area contributed by atoms with E-state index in [1.54, 1.807) is 12.4 Å². The van der Waals surface area contributed by atoms with Crippen LogP contribution in [-0.2, 0) is 0 Å². The zero-order valence-electron chi connectivity index (χ0n) is 6.75. The van der Waals surface area contributed by atoms with E-state index in [9.17, 15) is 0 Å². The Balaban J connectivity index is 2.28. The number of unbranched alkanes of at least 4 members (excludes halogenated alkanes) is 1. The van der Waals surface area contributed by atoms with Crippen molar-refractivity contribution in [1.29, 1.82) is 0 Å². The fourth-order valence-corrected chi connectivity index (χ4v) is 0.800. The Bertz CT molecular complexity index is 186. The van der Waals surface area contributed by atoms with Gasteiger partial charge in [-0.1, -0.05) is 13.3 Å². The first-order valence-electron chi connectivity index (χ1n) is 3.92. The molecule has 3 heteroatoms. The van der Waals surface area contributed by atoms with Crippen LogP contribution >= 0.6 is 0 Å². The molecule has 1 rings (SSSR count). The van der Waals surface area contributed by atoms with Crippen LogP contribution in [0.1, 0.15) is 19.8 Å². The van der Waals surface area contributed by atoms with Gasteiger partial charge in [0.25, 0.3) is 0 Å². The van der Waals surface area contributed by atoms with Crippen molar-refractivity contribution < 1.29 is 0 Å². The normalized spacial score (nSPS) is 9.55. The number of hydrogen-bond donors (Lipinski definition) is 1. The number of hydrogen-bond acceptors (Lipinski definition) is 3. The maximum Gasteiger partial charge on any atom is 0.115 e. The Morgan fingerprint density at radius 2 is 2.09 bits per heavy atom. The number of anilines is 1. The maximum absolute atomic E-state index is 3.89. The zero-order valence-corrected chi connectivity index (χ0v) is 6.75. The number of rotatable bonds is 4. The van der Waals surface area contributed by atoms with Crippen LogP contribution in [0.25, 0.3) is 0 Å². The minimum absolute atomic E-state index is 1.00. The molecule has 1 N–H and O–H groups in total. The highest BCUT2D eigenvalue weighted by molar-refractivity contribution is 5.36. The van der Waals surface area contributed by atoms with Crippen molar-refractivity contribution in [2.45, 2.75) is 19.8 Å². The third kappa shape index (κ3) is 2.98. The molecule has 0 amide bonds. The molecule has 3 nitrogen and oxygen atoms in total. The predicted molar refractivity (Wildman–Crippen MR) is 45.4 cm³/mol. The van der Waals surface area contributed by atoms with Crippen LogP contribution in [-0.4, -0.2) is 16.5 Å². The van der Waals surface area contributed by atoms with Gasteiger partial charge in [0.2, 0.25) is 0 Å². The Morgan fingerprint density at radius 3 is 2.73 bits per heavy atom. The summed E-state index contributed by atoms with van der Waals surface area (Å²) < 4.78 is 0. The van der Waals surface area contributed by atoms with Crippen molar-refractivity contribution in [1.82, 2.24) is 9.97 Å². The summed E-state index contributed by atoms with van der Waals surface area (Å²) >= 11 is 0. The topological polar surface area (TPSA) is 37.8 Å². The Labute approximate surface area is 66.9 Å². The molecule has 1 heterocycles. The molecule has 0 fully saturated rings. The van der Waals surface area contributed by atoms with Gasteiger partial charge in [-0.2, -0.15) is 0 Å². The fraction of sp³-hybridized carbons (Fsp3) is 0.500. The van der Waals surface area contributed by atoms with Crippen LogP contribution in [0.4, 0.5) is 5.69 Å². The van der Waals surface area contributed by atoms with E-state index >= 15 is 0 Å². The highest BCUT2D eigenvalue weighted by Crippen LogP contribution is 2.00. The third-order valence-electron chi connectivity index (χ3n) is 1.42. The van der Waals surface area contributed by atoms with E-state index in [0.29, 0.717) is 0 Å². The molecule has 60 valence electrons. The Kier molecular flexibility index (Phi) is 3.38. The van der Waals surface area contributed by atoms with Crippen LogP contribution in [0.3, 0.4) is 0 Å². The maximum atomic E-state index is 3.89. The summed E-state index contributed by atoms with van der Waals surface area (Å²) in [7, 11) is 0. The molecular formula is C8H13N3. The van der Waals surface area contributed by atoms with Gasteiger partial charge in [0.1, 0.15) is 6.33 Å². The van der Waals surface area contributed by atoms with E-state index in [4.69, 9.17) is 0 Å². The largest absolute Gasteiger partial charge is 0.383 e. The molecular weight excluding hydrogens is 138 g/mol. The van der Waals surface area contributed by atoms with Crippen LogP contribution in [0, 0.1) is 0 Å². The van der Waals surface area contributed by atoms with Crippen molar-refractivity contribution in [2.75, 3.05) is 11.9 Å². The number of nitrogens with one attached hydrogen (secondary N) is 1. The second-order valence-corrected chi connectivity index (χ2v) is 2.41. The first-order chi connectivity index (χ1) is 5.43. The average molecular weight is 151 g/mol. The molecule has 0 aromatic carbocycles. The molecule has 0 aliphatic heterocycles. The van der Waals surface area contributed by atoms with E-state index < -0.39 is 0 Å². The van der Waals surface area contributed by atoms with E-state index in [-0.39, 0.29) is 0 Å². The molecule has 0 radical (unpaired) electrons. The summed E-state index contributed by atoms with van der Waals surface area (Å²) in [5.41, 5.74) is 1.00. The summed E-state index contributed by atoms with van der Waals surface area (Å²) in [5.74, 6) is 0. The van der Waals surface area contributed by atoms with Crippen molar-refractivity contribution in [3.05, 3.63) is 18.7 Å². The lowest BCUT2D eigenvalue weighted by atomic mass is 10.3. The van der Waals surface area contributed by atoms with Gasteiger partial charge >= 0.3 is 0 Å². The van der Waals surface area contributed by atoms with Gasteiger partial charge in [-0.05, 0) is 6.42 Å². The zero-order chi connectivity index (χ0) is 7.94. The van der Waals surface area contributed by atoms with Gasteiger partial charge in [0.05, 0.1) is 18.1 Å². The molecule has 0 atom stereocenters. The second-order valence-electron chi connectivity index (χ2n) is 2.41. The van der Waals surface area contributed by atoms with Crippen molar-refractivity contribution in [3.63, 3.8) is 0 Å². The second kappa shape index (κ2) is 4.66. The molecule has 11 heavy (non-hydrogen) atoms. The number of nitrogens with zero attached hydrogens (tertiary/aromatic N) is 2. The predicted octanol–water partition coefficient (Wildman–Crippen LogP) is 1.69.